The zero-order chi connectivity index (χ0) is 13.8. The van der Waals surface area contributed by atoms with E-state index >= 15 is 0 Å². The third kappa shape index (κ3) is 4.03. The fourth-order valence-corrected chi connectivity index (χ4v) is 2.29. The van der Waals surface area contributed by atoms with Crippen molar-refractivity contribution in [2.75, 3.05) is 13.2 Å². The summed E-state index contributed by atoms with van der Waals surface area (Å²) in [6.07, 6.45) is 0.688. The number of aliphatic hydroxyl groups is 1. The van der Waals surface area contributed by atoms with E-state index in [0.717, 1.165) is 17.2 Å². The number of hydrogen-bond acceptors (Lipinski definition) is 5. The van der Waals surface area contributed by atoms with Crippen LogP contribution in [0.4, 0.5) is 0 Å². The summed E-state index contributed by atoms with van der Waals surface area (Å²) >= 11 is 1.13. The Morgan fingerprint density at radius 2 is 2.17 bits per heavy atom. The number of nitrogens with zero attached hydrogens (tertiary/aromatic N) is 2. The van der Waals surface area contributed by atoms with Crippen LogP contribution in [0.15, 0.2) is 0 Å². The summed E-state index contributed by atoms with van der Waals surface area (Å²) in [5, 5.41) is 15.7. The average molecular weight is 271 g/mol. The molecule has 1 amide bonds. The Balaban J connectivity index is 2.65. The van der Waals surface area contributed by atoms with Gasteiger partial charge in [0.15, 0.2) is 0 Å². The quantitative estimate of drug-likeness (QED) is 0.852. The van der Waals surface area contributed by atoms with Crippen molar-refractivity contribution in [1.82, 2.24) is 14.9 Å². The molecule has 18 heavy (non-hydrogen) atoms. The van der Waals surface area contributed by atoms with Crippen molar-refractivity contribution < 1.29 is 9.90 Å². The predicted molar refractivity (Wildman–Crippen MR) is 71.8 cm³/mol. The molecule has 0 saturated carbocycles. The first-order chi connectivity index (χ1) is 8.36. The Morgan fingerprint density at radius 1 is 1.50 bits per heavy atom. The Kier molecular flexibility index (Phi) is 5.22. The summed E-state index contributed by atoms with van der Waals surface area (Å²) in [7, 11) is 0. The van der Waals surface area contributed by atoms with E-state index in [4.69, 9.17) is 5.11 Å². The fourth-order valence-electron chi connectivity index (χ4n) is 1.50. The zero-order valence-corrected chi connectivity index (χ0v) is 12.2. The van der Waals surface area contributed by atoms with E-state index in [1.54, 1.807) is 0 Å². The van der Waals surface area contributed by atoms with Gasteiger partial charge in [-0.1, -0.05) is 32.2 Å². The second-order valence-corrected chi connectivity index (χ2v) is 6.28. The molecular formula is C12H21N3O2S. The van der Waals surface area contributed by atoms with Gasteiger partial charge in [0, 0.05) is 18.6 Å². The second kappa shape index (κ2) is 6.24. The van der Waals surface area contributed by atoms with E-state index in [0.29, 0.717) is 17.8 Å². The Labute approximate surface area is 112 Å². The van der Waals surface area contributed by atoms with Crippen LogP contribution in [0.3, 0.4) is 0 Å². The molecule has 0 aliphatic heterocycles. The molecule has 0 aliphatic carbocycles. The van der Waals surface area contributed by atoms with Crippen LogP contribution in [0, 0.1) is 5.92 Å². The molecule has 1 rings (SSSR count). The maximum atomic E-state index is 12.0. The highest BCUT2D eigenvalue weighted by Crippen LogP contribution is 2.25. The molecule has 1 atom stereocenters. The number of nitrogens with one attached hydrogen (secondary N) is 1. The van der Waals surface area contributed by atoms with Gasteiger partial charge in [-0.05, 0) is 23.9 Å². The predicted octanol–water partition coefficient (Wildman–Crippen LogP) is 1.58. The first kappa shape index (κ1) is 15.0. The molecule has 1 aromatic rings. The van der Waals surface area contributed by atoms with E-state index < -0.39 is 0 Å². The summed E-state index contributed by atoms with van der Waals surface area (Å²) in [6, 6.07) is 0. The monoisotopic (exact) mass is 271 g/mol. The summed E-state index contributed by atoms with van der Waals surface area (Å²) in [4.78, 5) is 12.6. The Bertz CT molecular complexity index is 398. The molecule has 0 radical (unpaired) electrons. The first-order valence-electron chi connectivity index (χ1n) is 6.08. The van der Waals surface area contributed by atoms with Crippen molar-refractivity contribution in [2.24, 2.45) is 5.92 Å². The van der Waals surface area contributed by atoms with E-state index in [9.17, 15) is 4.79 Å². The Morgan fingerprint density at radius 3 is 2.72 bits per heavy atom. The van der Waals surface area contributed by atoms with Crippen molar-refractivity contribution in [1.29, 1.82) is 0 Å². The lowest BCUT2D eigenvalue weighted by atomic mass is 9.91. The topological polar surface area (TPSA) is 75.1 Å². The maximum absolute atomic E-state index is 12.0. The largest absolute Gasteiger partial charge is 0.396 e. The van der Waals surface area contributed by atoms with Crippen LogP contribution in [0.5, 0.6) is 0 Å². The van der Waals surface area contributed by atoms with E-state index in [1.165, 1.54) is 0 Å². The summed E-state index contributed by atoms with van der Waals surface area (Å²) in [5.74, 6) is 0.137. The van der Waals surface area contributed by atoms with Gasteiger partial charge in [0.2, 0.25) is 0 Å². The number of carbonyl (C=O) groups is 1. The summed E-state index contributed by atoms with van der Waals surface area (Å²) in [6.45, 7) is 8.72. The lowest BCUT2D eigenvalue weighted by Gasteiger charge is -2.16. The molecule has 1 unspecified atom stereocenters. The third-order valence-electron chi connectivity index (χ3n) is 2.64. The van der Waals surface area contributed by atoms with E-state index in [-0.39, 0.29) is 23.8 Å². The van der Waals surface area contributed by atoms with E-state index in [2.05, 4.69) is 14.9 Å². The average Bonchev–Trinajstić information content (AvgIpc) is 2.74. The van der Waals surface area contributed by atoms with Crippen molar-refractivity contribution in [3.05, 3.63) is 10.6 Å². The fraction of sp³-hybridized carbons (Fsp3) is 0.750. The highest BCUT2D eigenvalue weighted by atomic mass is 32.1. The number of amides is 1. The standard InChI is InChI=1S/C12H21N3O2S/c1-8(5-6-16)7-13-11(17)9-10(12(2,3)4)14-15-18-9/h8,16H,5-7H2,1-4H3,(H,13,17). The molecule has 102 valence electrons. The van der Waals surface area contributed by atoms with Gasteiger partial charge in [0.25, 0.3) is 5.91 Å². The van der Waals surface area contributed by atoms with Gasteiger partial charge in [-0.25, -0.2) is 0 Å². The zero-order valence-electron chi connectivity index (χ0n) is 11.4. The minimum absolute atomic E-state index is 0.125. The maximum Gasteiger partial charge on any atom is 0.264 e. The minimum atomic E-state index is -0.184. The molecule has 5 nitrogen and oxygen atoms in total. The highest BCUT2D eigenvalue weighted by molar-refractivity contribution is 7.08. The number of hydrogen-bond donors (Lipinski definition) is 2. The lowest BCUT2D eigenvalue weighted by Crippen LogP contribution is -2.30. The van der Waals surface area contributed by atoms with Gasteiger partial charge < -0.3 is 10.4 Å². The van der Waals surface area contributed by atoms with Gasteiger partial charge >= 0.3 is 0 Å². The molecule has 1 heterocycles. The van der Waals surface area contributed by atoms with Gasteiger partial charge in [0.05, 0.1) is 5.69 Å². The normalized spacial score (nSPS) is 13.4. The van der Waals surface area contributed by atoms with Crippen LogP contribution < -0.4 is 5.32 Å². The van der Waals surface area contributed by atoms with Gasteiger partial charge in [-0.2, -0.15) is 0 Å². The molecule has 0 spiro atoms. The van der Waals surface area contributed by atoms with Crippen molar-refractivity contribution in [2.45, 2.75) is 39.5 Å². The van der Waals surface area contributed by atoms with Crippen LogP contribution >= 0.6 is 11.5 Å². The SMILES string of the molecule is CC(CCO)CNC(=O)c1snnc1C(C)(C)C. The molecule has 1 aromatic heterocycles. The molecule has 0 bridgehead atoms. The van der Waals surface area contributed by atoms with Crippen LogP contribution in [-0.4, -0.2) is 33.8 Å². The van der Waals surface area contributed by atoms with Crippen LogP contribution in [0.1, 0.15) is 49.5 Å². The second-order valence-electron chi connectivity index (χ2n) is 5.53. The molecule has 0 saturated heterocycles. The van der Waals surface area contributed by atoms with Crippen molar-refractivity contribution in [3.63, 3.8) is 0 Å². The highest BCUT2D eigenvalue weighted by Gasteiger charge is 2.26. The van der Waals surface area contributed by atoms with Crippen LogP contribution in [0.2, 0.25) is 0 Å². The molecular weight excluding hydrogens is 250 g/mol. The number of aromatic nitrogens is 2. The Hall–Kier alpha value is -1.01. The molecule has 0 aliphatic rings. The molecule has 0 fully saturated rings. The van der Waals surface area contributed by atoms with Crippen molar-refractivity contribution in [3.8, 4) is 0 Å². The van der Waals surface area contributed by atoms with Crippen LogP contribution in [0.25, 0.3) is 0 Å². The smallest absolute Gasteiger partial charge is 0.264 e. The lowest BCUT2D eigenvalue weighted by molar-refractivity contribution is 0.0947. The summed E-state index contributed by atoms with van der Waals surface area (Å²) in [5.41, 5.74) is 0.552. The number of rotatable bonds is 5. The third-order valence-corrected chi connectivity index (χ3v) is 3.36. The molecule has 2 N–H and O–H groups in total. The van der Waals surface area contributed by atoms with Crippen LogP contribution in [-0.2, 0) is 5.41 Å². The van der Waals surface area contributed by atoms with Gasteiger partial charge in [-0.15, -0.1) is 5.10 Å². The molecule has 0 aromatic carbocycles. The minimum Gasteiger partial charge on any atom is -0.396 e. The number of carbonyl (C=O) groups excluding carboxylic acids is 1. The van der Waals surface area contributed by atoms with Crippen molar-refractivity contribution >= 4 is 17.4 Å². The molecule has 6 heteroatoms. The first-order valence-corrected chi connectivity index (χ1v) is 6.85. The number of aliphatic hydroxyl groups excluding tert-OH is 1. The van der Waals surface area contributed by atoms with E-state index in [1.807, 2.05) is 27.7 Å². The summed E-state index contributed by atoms with van der Waals surface area (Å²) < 4.78 is 3.86. The van der Waals surface area contributed by atoms with Gasteiger partial charge in [-0.3, -0.25) is 4.79 Å². The van der Waals surface area contributed by atoms with Gasteiger partial charge in [0.1, 0.15) is 4.88 Å².